The van der Waals surface area contributed by atoms with Crippen molar-refractivity contribution in [1.29, 1.82) is 0 Å². The van der Waals surface area contributed by atoms with Gasteiger partial charge in [0, 0.05) is 22.5 Å². The topological polar surface area (TPSA) is 3.24 Å². The summed E-state index contributed by atoms with van der Waals surface area (Å²) < 4.78 is 0. The van der Waals surface area contributed by atoms with Gasteiger partial charge in [0.2, 0.25) is 0 Å². The van der Waals surface area contributed by atoms with Gasteiger partial charge >= 0.3 is 0 Å². The molecule has 0 saturated carbocycles. The summed E-state index contributed by atoms with van der Waals surface area (Å²) in [5, 5.41) is 10.2. The molecule has 1 aliphatic carbocycles. The van der Waals surface area contributed by atoms with Crippen molar-refractivity contribution in [3.05, 3.63) is 211 Å². The first-order valence-electron chi connectivity index (χ1n) is 19.6. The van der Waals surface area contributed by atoms with Gasteiger partial charge in [-0.2, -0.15) is 0 Å². The predicted octanol–water partition coefficient (Wildman–Crippen LogP) is 15.4. The first-order chi connectivity index (χ1) is 27.5. The van der Waals surface area contributed by atoms with Gasteiger partial charge in [0.15, 0.2) is 0 Å². The molecule has 0 spiro atoms. The second-order valence-corrected chi connectivity index (χ2v) is 15.7. The Hall–Kier alpha value is -6.96. The number of benzene rings is 10. The van der Waals surface area contributed by atoms with Crippen LogP contribution in [0.3, 0.4) is 0 Å². The Kier molecular flexibility index (Phi) is 7.28. The molecule has 0 saturated heterocycles. The molecule has 1 aliphatic rings. The van der Waals surface area contributed by atoms with Crippen molar-refractivity contribution in [3.8, 4) is 33.4 Å². The van der Waals surface area contributed by atoms with Gasteiger partial charge in [0.1, 0.15) is 0 Å². The Bertz CT molecular complexity index is 3150. The van der Waals surface area contributed by atoms with Gasteiger partial charge in [-0.3, -0.25) is 0 Å². The van der Waals surface area contributed by atoms with Crippen LogP contribution in [0.5, 0.6) is 0 Å². The van der Waals surface area contributed by atoms with Crippen LogP contribution in [0.25, 0.3) is 76.5 Å². The standard InChI is InChI=1S/C55H39N/c1-55(2)53-18-10-9-17-49(53)52-34-44(30-32-54(52)55)56(42-26-21-37(22-27-42)41-20-19-36-11-3-4-13-40(36)33-41)43-28-23-39(24-29-43)50-35-51-45-14-6-5-12-38(45)25-31-48(51)46-15-7-8-16-47(46)50/h3-35H,1-2H3. The predicted molar refractivity (Wildman–Crippen MR) is 240 cm³/mol. The molecule has 0 unspecified atom stereocenters. The molecule has 11 rings (SSSR count). The van der Waals surface area contributed by atoms with Crippen LogP contribution in [0.2, 0.25) is 0 Å². The summed E-state index contributed by atoms with van der Waals surface area (Å²) in [5.41, 5.74) is 13.6. The van der Waals surface area contributed by atoms with Crippen molar-refractivity contribution in [3.63, 3.8) is 0 Å². The molecule has 0 fully saturated rings. The summed E-state index contributed by atoms with van der Waals surface area (Å²) in [6, 6.07) is 74.0. The second-order valence-electron chi connectivity index (χ2n) is 15.7. The second kappa shape index (κ2) is 12.5. The number of nitrogens with zero attached hydrogens (tertiary/aromatic N) is 1. The van der Waals surface area contributed by atoms with E-state index in [9.17, 15) is 0 Å². The lowest BCUT2D eigenvalue weighted by Crippen LogP contribution is -2.15. The summed E-state index contributed by atoms with van der Waals surface area (Å²) in [7, 11) is 0. The molecule has 0 heterocycles. The molecule has 0 amide bonds. The van der Waals surface area contributed by atoms with Gasteiger partial charge in [-0.1, -0.05) is 166 Å². The average molecular weight is 714 g/mol. The molecule has 0 radical (unpaired) electrons. The van der Waals surface area contributed by atoms with E-state index >= 15 is 0 Å². The SMILES string of the molecule is CC1(C)c2ccccc2-c2cc(N(c3ccc(-c4ccc5ccccc5c4)cc3)c3ccc(-c4cc5c6ccccc6ccc5c5ccccc45)cc3)ccc21. The van der Waals surface area contributed by atoms with Crippen molar-refractivity contribution in [2.24, 2.45) is 0 Å². The maximum absolute atomic E-state index is 2.41. The minimum Gasteiger partial charge on any atom is -0.310 e. The third-order valence-corrected chi connectivity index (χ3v) is 12.2. The first kappa shape index (κ1) is 32.5. The van der Waals surface area contributed by atoms with Crippen LogP contribution >= 0.6 is 0 Å². The fourth-order valence-electron chi connectivity index (χ4n) is 9.36. The molecule has 0 N–H and O–H groups in total. The van der Waals surface area contributed by atoms with Crippen LogP contribution in [-0.4, -0.2) is 0 Å². The number of fused-ring (bicyclic) bond motifs is 9. The highest BCUT2D eigenvalue weighted by atomic mass is 15.1. The molecule has 10 aromatic carbocycles. The van der Waals surface area contributed by atoms with E-state index in [0.29, 0.717) is 0 Å². The molecule has 1 nitrogen and oxygen atoms in total. The van der Waals surface area contributed by atoms with Crippen LogP contribution in [0.1, 0.15) is 25.0 Å². The quantitative estimate of drug-likeness (QED) is 0.161. The lowest BCUT2D eigenvalue weighted by Gasteiger charge is -2.27. The lowest BCUT2D eigenvalue weighted by atomic mass is 9.82. The van der Waals surface area contributed by atoms with E-state index in [1.165, 1.54) is 87.6 Å². The normalized spacial score (nSPS) is 13.0. The summed E-state index contributed by atoms with van der Waals surface area (Å²) >= 11 is 0. The highest BCUT2D eigenvalue weighted by Gasteiger charge is 2.35. The van der Waals surface area contributed by atoms with E-state index in [1.54, 1.807) is 0 Å². The number of rotatable bonds is 5. The van der Waals surface area contributed by atoms with E-state index in [4.69, 9.17) is 0 Å². The minimum atomic E-state index is -0.0492. The smallest absolute Gasteiger partial charge is 0.0468 e. The van der Waals surface area contributed by atoms with Gasteiger partial charge in [0.25, 0.3) is 0 Å². The van der Waals surface area contributed by atoms with E-state index in [0.717, 1.165) is 17.1 Å². The monoisotopic (exact) mass is 713 g/mol. The van der Waals surface area contributed by atoms with Crippen molar-refractivity contribution < 1.29 is 0 Å². The zero-order valence-corrected chi connectivity index (χ0v) is 31.5. The van der Waals surface area contributed by atoms with E-state index in [2.05, 4.69) is 219 Å². The zero-order valence-electron chi connectivity index (χ0n) is 31.5. The average Bonchev–Trinajstić information content (AvgIpc) is 3.49. The van der Waals surface area contributed by atoms with Crippen LogP contribution in [0, 0.1) is 0 Å². The van der Waals surface area contributed by atoms with E-state index in [-0.39, 0.29) is 5.41 Å². The number of anilines is 3. The molecule has 264 valence electrons. The fraction of sp³-hybridized carbons (Fsp3) is 0.0545. The van der Waals surface area contributed by atoms with Crippen molar-refractivity contribution in [2.45, 2.75) is 19.3 Å². The maximum Gasteiger partial charge on any atom is 0.0468 e. The van der Waals surface area contributed by atoms with Crippen LogP contribution in [0.15, 0.2) is 200 Å². The van der Waals surface area contributed by atoms with Gasteiger partial charge in [-0.05, 0) is 136 Å². The molecule has 1 heteroatoms. The maximum atomic E-state index is 2.41. The Labute approximate surface area is 327 Å². The molecule has 0 aromatic heterocycles. The minimum absolute atomic E-state index is 0.0492. The highest BCUT2D eigenvalue weighted by molar-refractivity contribution is 6.21. The van der Waals surface area contributed by atoms with Crippen LogP contribution < -0.4 is 4.90 Å². The van der Waals surface area contributed by atoms with Gasteiger partial charge < -0.3 is 4.90 Å². The number of hydrogen-bond acceptors (Lipinski definition) is 1. The van der Waals surface area contributed by atoms with Crippen LogP contribution in [-0.2, 0) is 5.41 Å². The first-order valence-corrected chi connectivity index (χ1v) is 19.6. The molecular formula is C55H39N. The van der Waals surface area contributed by atoms with Gasteiger partial charge in [-0.15, -0.1) is 0 Å². The molecule has 0 bridgehead atoms. The molecule has 0 atom stereocenters. The third kappa shape index (κ3) is 5.08. The van der Waals surface area contributed by atoms with E-state index < -0.39 is 0 Å². The highest BCUT2D eigenvalue weighted by Crippen LogP contribution is 2.51. The summed E-state index contributed by atoms with van der Waals surface area (Å²) in [6.45, 7) is 4.69. The summed E-state index contributed by atoms with van der Waals surface area (Å²) in [6.07, 6.45) is 0. The molecule has 0 aliphatic heterocycles. The fourth-order valence-corrected chi connectivity index (χ4v) is 9.36. The van der Waals surface area contributed by atoms with E-state index in [1.807, 2.05) is 0 Å². The Balaban J connectivity index is 1.05. The van der Waals surface area contributed by atoms with Gasteiger partial charge in [0.05, 0.1) is 0 Å². The Morgan fingerprint density at radius 1 is 0.304 bits per heavy atom. The van der Waals surface area contributed by atoms with Crippen LogP contribution in [0.4, 0.5) is 17.1 Å². The number of hydrogen-bond donors (Lipinski definition) is 0. The third-order valence-electron chi connectivity index (χ3n) is 12.2. The van der Waals surface area contributed by atoms with Crippen molar-refractivity contribution >= 4 is 60.2 Å². The molecule has 10 aromatic rings. The van der Waals surface area contributed by atoms with Gasteiger partial charge in [-0.25, -0.2) is 0 Å². The van der Waals surface area contributed by atoms with Crippen molar-refractivity contribution in [1.82, 2.24) is 0 Å². The molecular weight excluding hydrogens is 675 g/mol. The zero-order chi connectivity index (χ0) is 37.4. The summed E-state index contributed by atoms with van der Waals surface area (Å²) in [4.78, 5) is 2.41. The summed E-state index contributed by atoms with van der Waals surface area (Å²) in [5.74, 6) is 0. The largest absolute Gasteiger partial charge is 0.310 e. The molecule has 56 heavy (non-hydrogen) atoms. The lowest BCUT2D eigenvalue weighted by molar-refractivity contribution is 0.660. The Morgan fingerprint density at radius 3 is 1.64 bits per heavy atom. The Morgan fingerprint density at radius 2 is 0.857 bits per heavy atom. The van der Waals surface area contributed by atoms with Crippen molar-refractivity contribution in [2.75, 3.05) is 4.90 Å².